The molecule has 0 bridgehead atoms. The highest BCUT2D eigenvalue weighted by atomic mass is 19.1. The maximum atomic E-state index is 13.3. The normalized spacial score (nSPS) is 16.8. The molecular formula is C20H23FN2O3. The van der Waals surface area contributed by atoms with Crippen molar-refractivity contribution in [2.45, 2.75) is 25.6 Å². The van der Waals surface area contributed by atoms with E-state index < -0.39 is 0 Å². The van der Waals surface area contributed by atoms with Crippen LogP contribution in [0.5, 0.6) is 11.5 Å². The Hall–Kier alpha value is -2.60. The molecule has 0 saturated carbocycles. The summed E-state index contributed by atoms with van der Waals surface area (Å²) in [6, 6.07) is 12.1. The Morgan fingerprint density at radius 1 is 1.19 bits per heavy atom. The van der Waals surface area contributed by atoms with E-state index in [1.807, 2.05) is 24.3 Å². The van der Waals surface area contributed by atoms with Crippen molar-refractivity contribution < 1.29 is 18.7 Å². The molecule has 1 heterocycles. The van der Waals surface area contributed by atoms with Crippen molar-refractivity contribution in [3.63, 3.8) is 0 Å². The summed E-state index contributed by atoms with van der Waals surface area (Å²) in [5, 5.41) is 3.41. The van der Waals surface area contributed by atoms with Gasteiger partial charge in [-0.05, 0) is 35.9 Å². The third kappa shape index (κ3) is 4.32. The van der Waals surface area contributed by atoms with E-state index in [0.29, 0.717) is 26.1 Å². The highest BCUT2D eigenvalue weighted by molar-refractivity contribution is 5.79. The largest absolute Gasteiger partial charge is 0.497 e. The number of likely N-dealkylation sites (tertiary alicyclic amines) is 1. The molecule has 1 aliphatic rings. The van der Waals surface area contributed by atoms with Gasteiger partial charge in [-0.2, -0.15) is 0 Å². The van der Waals surface area contributed by atoms with Crippen molar-refractivity contribution >= 4 is 5.91 Å². The van der Waals surface area contributed by atoms with Crippen LogP contribution in [-0.4, -0.2) is 37.6 Å². The minimum atomic E-state index is -0.283. The van der Waals surface area contributed by atoms with E-state index in [4.69, 9.17) is 9.47 Å². The maximum Gasteiger partial charge on any atom is 0.224 e. The first-order valence-electron chi connectivity index (χ1n) is 8.55. The van der Waals surface area contributed by atoms with Crippen molar-refractivity contribution in [3.05, 3.63) is 59.4 Å². The second-order valence-corrected chi connectivity index (χ2v) is 6.36. The summed E-state index contributed by atoms with van der Waals surface area (Å²) in [5.74, 6) is 1.33. The smallest absolute Gasteiger partial charge is 0.224 e. The van der Waals surface area contributed by atoms with Crippen LogP contribution in [0.2, 0.25) is 0 Å². The zero-order valence-electron chi connectivity index (χ0n) is 15.0. The van der Waals surface area contributed by atoms with Crippen LogP contribution in [0.15, 0.2) is 42.5 Å². The van der Waals surface area contributed by atoms with E-state index in [9.17, 15) is 9.18 Å². The van der Waals surface area contributed by atoms with Gasteiger partial charge in [-0.15, -0.1) is 0 Å². The monoisotopic (exact) mass is 358 g/mol. The number of methoxy groups -OCH3 is 2. The second kappa shape index (κ2) is 8.19. The molecule has 1 saturated heterocycles. The first-order chi connectivity index (χ1) is 12.6. The average Bonchev–Trinajstić information content (AvgIpc) is 2.99. The molecule has 1 unspecified atom stereocenters. The van der Waals surface area contributed by atoms with E-state index in [1.54, 1.807) is 25.2 Å². The lowest BCUT2D eigenvalue weighted by atomic mass is 10.1. The Labute approximate surface area is 152 Å². The minimum absolute atomic E-state index is 0.0481. The molecule has 2 aromatic rings. The number of carbonyl (C=O) groups is 1. The van der Waals surface area contributed by atoms with Gasteiger partial charge in [0.05, 0.1) is 14.2 Å². The lowest BCUT2D eigenvalue weighted by Gasteiger charge is -2.18. The summed E-state index contributed by atoms with van der Waals surface area (Å²) in [4.78, 5) is 14.0. The van der Waals surface area contributed by atoms with Gasteiger partial charge in [0.25, 0.3) is 0 Å². The lowest BCUT2D eigenvalue weighted by Crippen LogP contribution is -2.32. The maximum absolute atomic E-state index is 13.3. The van der Waals surface area contributed by atoms with Crippen molar-refractivity contribution in [2.75, 3.05) is 20.8 Å². The van der Waals surface area contributed by atoms with Crippen LogP contribution in [0.1, 0.15) is 17.5 Å². The quantitative estimate of drug-likeness (QED) is 0.827. The molecule has 1 fully saturated rings. The Balaban J connectivity index is 1.59. The molecule has 1 amide bonds. The first kappa shape index (κ1) is 18.2. The van der Waals surface area contributed by atoms with Gasteiger partial charge in [0.2, 0.25) is 5.91 Å². The average molecular weight is 358 g/mol. The van der Waals surface area contributed by atoms with Gasteiger partial charge in [0, 0.05) is 37.7 Å². The Morgan fingerprint density at radius 2 is 2.04 bits per heavy atom. The number of ether oxygens (including phenoxy) is 2. The third-order valence-electron chi connectivity index (χ3n) is 4.55. The molecule has 0 spiro atoms. The molecule has 5 nitrogen and oxygen atoms in total. The number of hydrogen-bond donors (Lipinski definition) is 1. The van der Waals surface area contributed by atoms with Gasteiger partial charge in [-0.3, -0.25) is 4.79 Å². The first-order valence-corrected chi connectivity index (χ1v) is 8.55. The number of nitrogens with zero attached hydrogens (tertiary/aromatic N) is 1. The summed E-state index contributed by atoms with van der Waals surface area (Å²) in [6.07, 6.45) is 0.432. The van der Waals surface area contributed by atoms with Crippen molar-refractivity contribution in [2.24, 2.45) is 0 Å². The fraction of sp³-hybridized carbons (Fsp3) is 0.350. The minimum Gasteiger partial charge on any atom is -0.497 e. The predicted molar refractivity (Wildman–Crippen MR) is 96.6 cm³/mol. The molecular weight excluding hydrogens is 335 g/mol. The van der Waals surface area contributed by atoms with Crippen LogP contribution < -0.4 is 14.8 Å². The SMILES string of the molecule is COc1ccc(OC)c(CNC2CC(=O)N(Cc3cccc(F)c3)C2)c1. The Kier molecular flexibility index (Phi) is 5.73. The van der Waals surface area contributed by atoms with Crippen LogP contribution in [-0.2, 0) is 17.9 Å². The van der Waals surface area contributed by atoms with Gasteiger partial charge < -0.3 is 19.7 Å². The molecule has 26 heavy (non-hydrogen) atoms. The molecule has 1 atom stereocenters. The topological polar surface area (TPSA) is 50.8 Å². The summed E-state index contributed by atoms with van der Waals surface area (Å²) >= 11 is 0. The van der Waals surface area contributed by atoms with Crippen molar-refractivity contribution in [1.82, 2.24) is 10.2 Å². The van der Waals surface area contributed by atoms with Crippen LogP contribution in [0, 0.1) is 5.82 Å². The number of halogens is 1. The Bertz CT molecular complexity index is 781. The Morgan fingerprint density at radius 3 is 2.77 bits per heavy atom. The summed E-state index contributed by atoms with van der Waals surface area (Å²) < 4.78 is 24.0. The standard InChI is InChI=1S/C20H23FN2O3/c1-25-18-6-7-19(26-2)15(9-18)11-22-17-10-20(24)23(13-17)12-14-4-3-5-16(21)8-14/h3-9,17,22H,10-13H2,1-2H3. The number of carbonyl (C=O) groups excluding carboxylic acids is 1. The number of rotatable bonds is 7. The zero-order chi connectivity index (χ0) is 18.5. The fourth-order valence-electron chi connectivity index (χ4n) is 3.19. The summed E-state index contributed by atoms with van der Waals surface area (Å²) in [7, 11) is 3.25. The molecule has 0 radical (unpaired) electrons. The van der Waals surface area contributed by atoms with Gasteiger partial charge in [0.1, 0.15) is 17.3 Å². The van der Waals surface area contributed by atoms with E-state index in [-0.39, 0.29) is 17.8 Å². The van der Waals surface area contributed by atoms with Crippen LogP contribution in [0.4, 0.5) is 4.39 Å². The van der Waals surface area contributed by atoms with E-state index in [1.165, 1.54) is 12.1 Å². The van der Waals surface area contributed by atoms with Crippen LogP contribution in [0.3, 0.4) is 0 Å². The number of amides is 1. The molecule has 138 valence electrons. The predicted octanol–water partition coefficient (Wildman–Crippen LogP) is 2.73. The van der Waals surface area contributed by atoms with E-state index >= 15 is 0 Å². The highest BCUT2D eigenvalue weighted by Gasteiger charge is 2.29. The number of nitrogens with one attached hydrogen (secondary N) is 1. The number of hydrogen-bond acceptors (Lipinski definition) is 4. The van der Waals surface area contributed by atoms with Crippen molar-refractivity contribution in [3.8, 4) is 11.5 Å². The number of benzene rings is 2. The van der Waals surface area contributed by atoms with E-state index in [0.717, 1.165) is 22.6 Å². The molecule has 0 aliphatic carbocycles. The summed E-state index contributed by atoms with van der Waals surface area (Å²) in [6.45, 7) is 1.60. The lowest BCUT2D eigenvalue weighted by molar-refractivity contribution is -0.128. The molecule has 6 heteroatoms. The molecule has 0 aromatic heterocycles. The van der Waals surface area contributed by atoms with Crippen LogP contribution in [0.25, 0.3) is 0 Å². The summed E-state index contributed by atoms with van der Waals surface area (Å²) in [5.41, 5.74) is 1.77. The zero-order valence-corrected chi connectivity index (χ0v) is 15.0. The molecule has 2 aromatic carbocycles. The van der Waals surface area contributed by atoms with Gasteiger partial charge in [0.15, 0.2) is 0 Å². The third-order valence-corrected chi connectivity index (χ3v) is 4.55. The van der Waals surface area contributed by atoms with Gasteiger partial charge in [-0.1, -0.05) is 12.1 Å². The molecule has 3 rings (SSSR count). The molecule has 1 N–H and O–H groups in total. The van der Waals surface area contributed by atoms with Crippen molar-refractivity contribution in [1.29, 1.82) is 0 Å². The second-order valence-electron chi connectivity index (χ2n) is 6.36. The van der Waals surface area contributed by atoms with E-state index in [2.05, 4.69) is 5.32 Å². The van der Waals surface area contributed by atoms with Crippen LogP contribution >= 0.6 is 0 Å². The van der Waals surface area contributed by atoms with Gasteiger partial charge >= 0.3 is 0 Å². The fourth-order valence-corrected chi connectivity index (χ4v) is 3.19. The highest BCUT2D eigenvalue weighted by Crippen LogP contribution is 2.24. The molecule has 1 aliphatic heterocycles. The van der Waals surface area contributed by atoms with Gasteiger partial charge in [-0.25, -0.2) is 4.39 Å².